The molecule has 0 bridgehead atoms. The molecule has 0 aromatic heterocycles. The SMILES string of the molecule is CCCCCCCCCCCCCCCCP(CCCC)(CCCC)(CCCC)CCCCCCCCCCCCCCCC.CCCC[P+](CCCC)(CCCC)CCCC.Cl.[Br-]. The average molecular weight is 1030 g/mol. The van der Waals surface area contributed by atoms with E-state index in [2.05, 4.69) is 62.3 Å². The summed E-state index contributed by atoms with van der Waals surface area (Å²) in [6, 6.07) is 0. The van der Waals surface area contributed by atoms with Gasteiger partial charge in [-0.25, -0.2) is 0 Å². The van der Waals surface area contributed by atoms with Crippen LogP contribution in [0.4, 0.5) is 0 Å². The van der Waals surface area contributed by atoms with Gasteiger partial charge >= 0.3 is 238 Å². The molecule has 0 rings (SSSR count). The van der Waals surface area contributed by atoms with Crippen LogP contribution in [0.3, 0.4) is 0 Å². The summed E-state index contributed by atoms with van der Waals surface area (Å²) in [6.45, 7) is 19.8. The number of unbranched alkanes of at least 4 members (excludes halogenated alkanes) is 33. The average Bonchev–Trinajstić information content (AvgIpc) is 3.29. The van der Waals surface area contributed by atoms with Gasteiger partial charge in [0, 0.05) is 7.26 Å². The van der Waals surface area contributed by atoms with Crippen molar-refractivity contribution in [2.45, 2.75) is 332 Å². The van der Waals surface area contributed by atoms with Crippen molar-refractivity contribution in [3.05, 3.63) is 0 Å². The summed E-state index contributed by atoms with van der Waals surface area (Å²) in [5, 5.41) is 0. The zero-order chi connectivity index (χ0) is 46.0. The van der Waals surface area contributed by atoms with Crippen molar-refractivity contribution in [2.75, 3.05) is 55.5 Å². The van der Waals surface area contributed by atoms with Crippen LogP contribution in [0.1, 0.15) is 332 Å². The maximum absolute atomic E-state index is 2.46. The Hall–Kier alpha value is 1.63. The molecule has 64 heavy (non-hydrogen) atoms. The van der Waals surface area contributed by atoms with Crippen molar-refractivity contribution in [1.82, 2.24) is 0 Å². The molecule has 0 nitrogen and oxygen atoms in total. The van der Waals surface area contributed by atoms with Crippen LogP contribution in [-0.2, 0) is 0 Å². The maximum atomic E-state index is 2.46. The third kappa shape index (κ3) is 43.6. The molecule has 0 aromatic carbocycles. The molecule has 0 spiro atoms. The van der Waals surface area contributed by atoms with Crippen molar-refractivity contribution in [2.24, 2.45) is 0 Å². The van der Waals surface area contributed by atoms with Gasteiger partial charge in [0.25, 0.3) is 0 Å². The third-order valence-corrected chi connectivity index (χ3v) is 28.6. The predicted molar refractivity (Wildman–Crippen MR) is 310 cm³/mol. The van der Waals surface area contributed by atoms with Gasteiger partial charge in [-0.1, -0.05) is 106 Å². The van der Waals surface area contributed by atoms with E-state index in [1.165, 1.54) is 257 Å². The van der Waals surface area contributed by atoms with Crippen LogP contribution >= 0.6 is 26.3 Å². The van der Waals surface area contributed by atoms with Crippen LogP contribution in [0.5, 0.6) is 0 Å². The van der Waals surface area contributed by atoms with Crippen molar-refractivity contribution in [3.63, 3.8) is 0 Å². The Labute approximate surface area is 428 Å². The Morgan fingerprint density at radius 1 is 0.203 bits per heavy atom. The first-order chi connectivity index (χ1) is 30.4. The van der Waals surface area contributed by atoms with E-state index in [1.807, 2.05) is 0 Å². The molecule has 0 aliphatic carbocycles. The van der Waals surface area contributed by atoms with Crippen LogP contribution in [0.15, 0.2) is 0 Å². The zero-order valence-electron chi connectivity index (χ0n) is 46.7. The van der Waals surface area contributed by atoms with E-state index in [0.717, 1.165) is 0 Å². The molecule has 0 heterocycles. The smallest absolute Gasteiger partial charge is 1.00 e. The minimum atomic E-state index is -1.61. The molecule has 0 saturated heterocycles. The fourth-order valence-electron chi connectivity index (χ4n) is 11.1. The molecule has 394 valence electrons. The second-order valence-corrected chi connectivity index (χ2v) is 32.9. The van der Waals surface area contributed by atoms with E-state index in [1.54, 1.807) is 68.3 Å². The second kappa shape index (κ2) is 55.6. The van der Waals surface area contributed by atoms with Gasteiger partial charge in [0.15, 0.2) is 0 Å². The molecular weight excluding hydrogens is 898 g/mol. The van der Waals surface area contributed by atoms with E-state index in [9.17, 15) is 0 Å². The molecule has 0 aliphatic rings. The molecule has 0 aromatic rings. The topological polar surface area (TPSA) is 0 Å². The van der Waals surface area contributed by atoms with Gasteiger partial charge < -0.3 is 17.0 Å². The standard InChI is InChI=1S/C44H93P.C16H36P.BrH.ClH/c1-6-11-16-18-20-22-24-26-28-30-32-34-36-38-43-45(40-13-8-3,41-14-9-4,42-15-10-5)44-39-37-35-33-31-29-27-25-23-21-19-17-12-7-2;1-5-9-13-17(14-10-6-2,15-11-7-3)16-12-8-4;;/h6-44H2,1-5H3;5-16H2,1-4H3;2*1H/q;+1;;/p-1. The first kappa shape index (κ1) is 72.2. The predicted octanol–water partition coefficient (Wildman–Crippen LogP) is 20.5. The summed E-state index contributed by atoms with van der Waals surface area (Å²) in [4.78, 5) is 0. The Bertz CT molecular complexity index is 736. The van der Waals surface area contributed by atoms with Crippen LogP contribution in [0.25, 0.3) is 0 Å². The molecule has 4 heteroatoms. The first-order valence-corrected chi connectivity index (χ1v) is 35.9. The normalized spacial score (nSPS) is 12.3. The fourth-order valence-corrected chi connectivity index (χ4v) is 24.5. The molecular formula is C60H130BrClP2. The Balaban J connectivity index is -0.000000797. The Kier molecular flexibility index (Phi) is 62.7. The summed E-state index contributed by atoms with van der Waals surface area (Å²) in [7, 11) is -0.562. The molecule has 0 radical (unpaired) electrons. The van der Waals surface area contributed by atoms with E-state index in [-0.39, 0.29) is 29.4 Å². The molecule has 0 amide bonds. The fraction of sp³-hybridized carbons (Fsp3) is 1.00. The molecule has 0 saturated carbocycles. The van der Waals surface area contributed by atoms with Gasteiger partial charge in [0.05, 0.1) is 24.6 Å². The van der Waals surface area contributed by atoms with Crippen molar-refractivity contribution >= 4 is 26.3 Å². The summed E-state index contributed by atoms with van der Waals surface area (Å²) >= 11 is 0. The van der Waals surface area contributed by atoms with E-state index < -0.39 is 13.9 Å². The minimum Gasteiger partial charge on any atom is -1.00 e. The van der Waals surface area contributed by atoms with Gasteiger partial charge in [-0.15, -0.1) is 12.4 Å². The molecule has 0 fully saturated rings. The van der Waals surface area contributed by atoms with Crippen LogP contribution < -0.4 is 17.0 Å². The van der Waals surface area contributed by atoms with Crippen LogP contribution in [0, 0.1) is 0 Å². The van der Waals surface area contributed by atoms with Gasteiger partial charge in [-0.2, -0.15) is 0 Å². The van der Waals surface area contributed by atoms with E-state index in [4.69, 9.17) is 0 Å². The number of hydrogen-bond acceptors (Lipinski definition) is 0. The van der Waals surface area contributed by atoms with Gasteiger partial charge in [0.2, 0.25) is 0 Å². The molecule has 0 N–H and O–H groups in total. The quantitative estimate of drug-likeness (QED) is 0.0421. The number of rotatable bonds is 51. The zero-order valence-corrected chi connectivity index (χ0v) is 50.9. The van der Waals surface area contributed by atoms with Crippen molar-refractivity contribution in [1.29, 1.82) is 0 Å². The molecule has 0 aliphatic heterocycles. The van der Waals surface area contributed by atoms with Gasteiger partial charge in [-0.05, 0) is 25.7 Å². The van der Waals surface area contributed by atoms with E-state index >= 15 is 0 Å². The third-order valence-electron chi connectivity index (χ3n) is 15.7. The molecule has 0 atom stereocenters. The Morgan fingerprint density at radius 3 is 0.547 bits per heavy atom. The van der Waals surface area contributed by atoms with E-state index in [0.29, 0.717) is 0 Å². The summed E-state index contributed by atoms with van der Waals surface area (Å²) < 4.78 is 0. The monoisotopic (exact) mass is 1030 g/mol. The van der Waals surface area contributed by atoms with Crippen molar-refractivity contribution in [3.8, 4) is 0 Å². The van der Waals surface area contributed by atoms with Crippen LogP contribution in [0.2, 0.25) is 0 Å². The molecule has 0 unspecified atom stereocenters. The first-order valence-electron chi connectivity index (χ1n) is 30.2. The number of hydrogen-bond donors (Lipinski definition) is 0. The van der Waals surface area contributed by atoms with Crippen molar-refractivity contribution < 1.29 is 17.0 Å². The number of halogens is 2. The van der Waals surface area contributed by atoms with Gasteiger partial charge in [0.1, 0.15) is 0 Å². The minimum absolute atomic E-state index is 0. The summed E-state index contributed by atoms with van der Waals surface area (Å²) in [5.41, 5.74) is 0. The summed E-state index contributed by atoms with van der Waals surface area (Å²) in [6.07, 6.45) is 76.7. The Morgan fingerprint density at radius 2 is 0.359 bits per heavy atom. The second-order valence-electron chi connectivity index (χ2n) is 21.8. The van der Waals surface area contributed by atoms with Gasteiger partial charge in [-0.3, -0.25) is 0 Å². The summed E-state index contributed by atoms with van der Waals surface area (Å²) in [5.74, 6) is 0. The van der Waals surface area contributed by atoms with Crippen LogP contribution in [-0.4, -0.2) is 55.5 Å².